The second kappa shape index (κ2) is 2.22. The summed E-state index contributed by atoms with van der Waals surface area (Å²) < 4.78 is 12.9. The lowest BCUT2D eigenvalue weighted by molar-refractivity contribution is 0.422. The molecule has 0 N–H and O–H groups in total. The largest absolute Gasteiger partial charge is 0.212 e. The van der Waals surface area contributed by atoms with Crippen LogP contribution in [-0.2, 0) is 0 Å². The first kappa shape index (κ1) is 6.14. The lowest BCUT2D eigenvalue weighted by Gasteiger charge is -2.13. The van der Waals surface area contributed by atoms with Crippen LogP contribution in [0.3, 0.4) is 0 Å². The van der Waals surface area contributed by atoms with E-state index in [2.05, 4.69) is 6.08 Å². The molecule has 1 unspecified atom stereocenters. The molecule has 0 amide bonds. The van der Waals surface area contributed by atoms with Gasteiger partial charge in [0.25, 0.3) is 0 Å². The maximum absolute atomic E-state index is 12.9. The number of hydrogen-bond donors (Lipinski definition) is 0. The molecule has 54 valence electrons. The summed E-state index contributed by atoms with van der Waals surface area (Å²) in [6, 6.07) is 0. The van der Waals surface area contributed by atoms with Gasteiger partial charge in [0.2, 0.25) is 0 Å². The molecule has 0 bridgehead atoms. The second-order valence-corrected chi connectivity index (χ2v) is 3.16. The zero-order chi connectivity index (χ0) is 6.97. The van der Waals surface area contributed by atoms with Crippen molar-refractivity contribution in [2.75, 3.05) is 0 Å². The molecule has 2 aliphatic rings. The van der Waals surface area contributed by atoms with Gasteiger partial charge in [-0.1, -0.05) is 12.2 Å². The molecule has 1 saturated carbocycles. The Bertz CT molecular complexity index is 187. The summed E-state index contributed by atoms with van der Waals surface area (Å²) in [5, 5.41) is 0. The van der Waals surface area contributed by atoms with Crippen molar-refractivity contribution >= 4 is 0 Å². The first-order valence-electron chi connectivity index (χ1n) is 3.90. The fourth-order valence-corrected chi connectivity index (χ4v) is 1.54. The average Bonchev–Trinajstić information content (AvgIpc) is 2.71. The number of halogens is 1. The summed E-state index contributed by atoms with van der Waals surface area (Å²) in [6.45, 7) is 0. The molecule has 0 aromatic heterocycles. The van der Waals surface area contributed by atoms with Crippen molar-refractivity contribution in [1.29, 1.82) is 0 Å². The first-order chi connectivity index (χ1) is 4.88. The van der Waals surface area contributed by atoms with Gasteiger partial charge < -0.3 is 0 Å². The van der Waals surface area contributed by atoms with E-state index in [1.54, 1.807) is 6.08 Å². The van der Waals surface area contributed by atoms with Crippen LogP contribution >= 0.6 is 0 Å². The Kier molecular flexibility index (Phi) is 1.37. The molecule has 0 nitrogen and oxygen atoms in total. The molecule has 1 fully saturated rings. The van der Waals surface area contributed by atoms with Gasteiger partial charge in [-0.05, 0) is 31.3 Å². The van der Waals surface area contributed by atoms with Crippen LogP contribution in [0.1, 0.15) is 19.3 Å². The van der Waals surface area contributed by atoms with Gasteiger partial charge in [0.1, 0.15) is 5.83 Å². The van der Waals surface area contributed by atoms with Gasteiger partial charge in [-0.15, -0.1) is 0 Å². The predicted molar refractivity (Wildman–Crippen MR) is 39.2 cm³/mol. The van der Waals surface area contributed by atoms with E-state index in [4.69, 9.17) is 0 Å². The Labute approximate surface area is 60.4 Å². The maximum atomic E-state index is 12.9. The zero-order valence-electron chi connectivity index (χ0n) is 5.89. The summed E-state index contributed by atoms with van der Waals surface area (Å²) in [6.07, 6.45) is 8.87. The minimum atomic E-state index is 0.102. The minimum Gasteiger partial charge on any atom is -0.212 e. The van der Waals surface area contributed by atoms with Crippen LogP contribution in [-0.4, -0.2) is 0 Å². The Morgan fingerprint density at radius 3 is 2.80 bits per heavy atom. The van der Waals surface area contributed by atoms with Crippen LogP contribution in [0, 0.1) is 11.8 Å². The summed E-state index contributed by atoms with van der Waals surface area (Å²) in [5.41, 5.74) is 0. The normalized spacial score (nSPS) is 32.1. The van der Waals surface area contributed by atoms with Crippen molar-refractivity contribution in [2.24, 2.45) is 11.8 Å². The molecule has 0 spiro atoms. The van der Waals surface area contributed by atoms with Crippen LogP contribution in [0.4, 0.5) is 4.39 Å². The average molecular weight is 138 g/mol. The Morgan fingerprint density at radius 1 is 1.40 bits per heavy atom. The molecule has 0 saturated heterocycles. The fourth-order valence-electron chi connectivity index (χ4n) is 1.54. The summed E-state index contributed by atoms with van der Waals surface area (Å²) >= 11 is 0. The van der Waals surface area contributed by atoms with Gasteiger partial charge in [0.05, 0.1) is 0 Å². The third-order valence-corrected chi connectivity index (χ3v) is 2.33. The second-order valence-electron chi connectivity index (χ2n) is 3.16. The highest BCUT2D eigenvalue weighted by Gasteiger charge is 2.33. The SMILES string of the molecule is FC1=CC=CCC1C1CC1. The molecule has 0 heterocycles. The van der Waals surface area contributed by atoms with Gasteiger partial charge >= 0.3 is 0 Å². The molecule has 1 heteroatoms. The van der Waals surface area contributed by atoms with E-state index in [9.17, 15) is 4.39 Å². The van der Waals surface area contributed by atoms with Crippen molar-refractivity contribution in [3.8, 4) is 0 Å². The quantitative estimate of drug-likeness (QED) is 0.522. The number of allylic oxidation sites excluding steroid dienone is 4. The van der Waals surface area contributed by atoms with E-state index >= 15 is 0 Å². The highest BCUT2D eigenvalue weighted by Crippen LogP contribution is 2.43. The van der Waals surface area contributed by atoms with E-state index < -0.39 is 0 Å². The smallest absolute Gasteiger partial charge is 0.104 e. The lowest BCUT2D eigenvalue weighted by Crippen LogP contribution is -2.04. The molecular weight excluding hydrogens is 127 g/mol. The lowest BCUT2D eigenvalue weighted by atomic mass is 9.95. The third-order valence-electron chi connectivity index (χ3n) is 2.33. The van der Waals surface area contributed by atoms with E-state index in [1.165, 1.54) is 12.8 Å². The van der Waals surface area contributed by atoms with Crippen molar-refractivity contribution in [3.05, 3.63) is 24.1 Å². The molecular formula is C9H11F. The van der Waals surface area contributed by atoms with Gasteiger partial charge in [0.15, 0.2) is 0 Å². The zero-order valence-corrected chi connectivity index (χ0v) is 5.89. The van der Waals surface area contributed by atoms with Crippen molar-refractivity contribution in [1.82, 2.24) is 0 Å². The Balaban J connectivity index is 2.08. The minimum absolute atomic E-state index is 0.102. The number of hydrogen-bond acceptors (Lipinski definition) is 0. The van der Waals surface area contributed by atoms with Gasteiger partial charge in [-0.25, -0.2) is 4.39 Å². The highest BCUT2D eigenvalue weighted by molar-refractivity contribution is 5.18. The van der Waals surface area contributed by atoms with E-state index in [1.807, 2.05) is 6.08 Å². The van der Waals surface area contributed by atoms with Crippen LogP contribution < -0.4 is 0 Å². The number of rotatable bonds is 1. The molecule has 1 atom stereocenters. The van der Waals surface area contributed by atoms with Gasteiger partial charge in [0, 0.05) is 5.92 Å². The highest BCUT2D eigenvalue weighted by atomic mass is 19.1. The van der Waals surface area contributed by atoms with Crippen LogP contribution in [0.5, 0.6) is 0 Å². The monoisotopic (exact) mass is 138 g/mol. The molecule has 0 radical (unpaired) electrons. The van der Waals surface area contributed by atoms with Crippen molar-refractivity contribution in [2.45, 2.75) is 19.3 Å². The van der Waals surface area contributed by atoms with Crippen molar-refractivity contribution in [3.63, 3.8) is 0 Å². The van der Waals surface area contributed by atoms with Crippen molar-refractivity contribution < 1.29 is 4.39 Å². The molecule has 0 aromatic rings. The standard InChI is InChI=1S/C9H11F/c10-9-4-2-1-3-8(9)7-5-6-7/h1-2,4,7-8H,3,5-6H2. The summed E-state index contributed by atoms with van der Waals surface area (Å²) in [4.78, 5) is 0. The van der Waals surface area contributed by atoms with Gasteiger partial charge in [-0.2, -0.15) is 0 Å². The van der Waals surface area contributed by atoms with Crippen LogP contribution in [0.2, 0.25) is 0 Å². The third kappa shape index (κ3) is 1.00. The van der Waals surface area contributed by atoms with E-state index in [0.717, 1.165) is 6.42 Å². The Hall–Kier alpha value is -0.590. The molecule has 0 aromatic carbocycles. The van der Waals surface area contributed by atoms with E-state index in [0.29, 0.717) is 5.92 Å². The molecule has 2 rings (SSSR count). The molecule has 0 aliphatic heterocycles. The van der Waals surface area contributed by atoms with Gasteiger partial charge in [-0.3, -0.25) is 0 Å². The first-order valence-corrected chi connectivity index (χ1v) is 3.90. The summed E-state index contributed by atoms with van der Waals surface area (Å²) in [5.74, 6) is 1.01. The Morgan fingerprint density at radius 2 is 2.20 bits per heavy atom. The topological polar surface area (TPSA) is 0 Å². The predicted octanol–water partition coefficient (Wildman–Crippen LogP) is 2.83. The van der Waals surface area contributed by atoms with Crippen LogP contribution in [0.15, 0.2) is 24.1 Å². The van der Waals surface area contributed by atoms with E-state index in [-0.39, 0.29) is 11.7 Å². The molecule has 2 aliphatic carbocycles. The molecule has 10 heavy (non-hydrogen) atoms. The fraction of sp³-hybridized carbons (Fsp3) is 0.556. The van der Waals surface area contributed by atoms with Crippen LogP contribution in [0.25, 0.3) is 0 Å². The maximum Gasteiger partial charge on any atom is 0.104 e. The summed E-state index contributed by atoms with van der Waals surface area (Å²) in [7, 11) is 0.